The van der Waals surface area contributed by atoms with Crippen LogP contribution in [0.4, 0.5) is 0 Å². The monoisotopic (exact) mass is 391 g/mol. The summed E-state index contributed by atoms with van der Waals surface area (Å²) < 4.78 is 2.79. The molecule has 0 unspecified atom stereocenters. The number of hydrogen-bond acceptors (Lipinski definition) is 2. The van der Waals surface area contributed by atoms with Crippen LogP contribution in [0.15, 0.2) is 53.3 Å². The number of fused-ring (bicyclic) bond motifs is 1. The van der Waals surface area contributed by atoms with E-state index < -0.39 is 0 Å². The van der Waals surface area contributed by atoms with Crippen LogP contribution in [0.5, 0.6) is 0 Å². The van der Waals surface area contributed by atoms with Crippen LogP contribution in [0.2, 0.25) is 5.02 Å². The summed E-state index contributed by atoms with van der Waals surface area (Å²) in [5, 5.41) is 3.51. The standard InChI is InChI=1S/C17H15BrClN3O/c18-14-10-12(6-7-15(14)19)17(23)20-8-3-5-16-21-11-13-4-1-2-9-22(13)16/h1-2,4,6-7,9-11H,3,5,8H2,(H,20,23). The zero-order valence-electron chi connectivity index (χ0n) is 12.3. The molecule has 3 rings (SSSR count). The summed E-state index contributed by atoms with van der Waals surface area (Å²) in [5.74, 6) is 0.902. The summed E-state index contributed by atoms with van der Waals surface area (Å²) in [6.45, 7) is 0.598. The summed E-state index contributed by atoms with van der Waals surface area (Å²) in [4.78, 5) is 16.5. The van der Waals surface area contributed by atoms with E-state index in [1.807, 2.05) is 30.6 Å². The van der Waals surface area contributed by atoms with Gasteiger partial charge in [-0.2, -0.15) is 0 Å². The minimum absolute atomic E-state index is 0.102. The molecule has 3 aromatic rings. The molecule has 0 spiro atoms. The summed E-state index contributed by atoms with van der Waals surface area (Å²) in [6.07, 6.45) is 5.50. The molecule has 6 heteroatoms. The van der Waals surface area contributed by atoms with Crippen LogP contribution in [0.3, 0.4) is 0 Å². The summed E-state index contributed by atoms with van der Waals surface area (Å²) in [6, 6.07) is 11.1. The van der Waals surface area contributed by atoms with Gasteiger partial charge in [-0.15, -0.1) is 0 Å². The van der Waals surface area contributed by atoms with Crippen LogP contribution in [-0.4, -0.2) is 21.8 Å². The summed E-state index contributed by atoms with van der Waals surface area (Å²) in [7, 11) is 0. The maximum Gasteiger partial charge on any atom is 0.251 e. The Kier molecular flexibility index (Phi) is 4.98. The highest BCUT2D eigenvalue weighted by Gasteiger charge is 2.08. The predicted octanol–water partition coefficient (Wildman–Crippen LogP) is 4.11. The second kappa shape index (κ2) is 7.15. The fourth-order valence-electron chi connectivity index (χ4n) is 2.37. The second-order valence-corrected chi connectivity index (χ2v) is 6.42. The fraction of sp³-hybridized carbons (Fsp3) is 0.176. The minimum atomic E-state index is -0.102. The number of carbonyl (C=O) groups is 1. The van der Waals surface area contributed by atoms with Gasteiger partial charge in [0.2, 0.25) is 0 Å². The Morgan fingerprint density at radius 3 is 3.00 bits per heavy atom. The van der Waals surface area contributed by atoms with E-state index in [9.17, 15) is 4.79 Å². The van der Waals surface area contributed by atoms with E-state index in [0.29, 0.717) is 17.1 Å². The van der Waals surface area contributed by atoms with E-state index in [-0.39, 0.29) is 5.91 Å². The number of carbonyl (C=O) groups excluding carboxylic acids is 1. The predicted molar refractivity (Wildman–Crippen MR) is 95.0 cm³/mol. The van der Waals surface area contributed by atoms with Gasteiger partial charge in [-0.3, -0.25) is 4.79 Å². The zero-order chi connectivity index (χ0) is 16.2. The molecule has 0 bridgehead atoms. The van der Waals surface area contributed by atoms with Gasteiger partial charge in [-0.25, -0.2) is 4.98 Å². The fourth-order valence-corrected chi connectivity index (χ4v) is 2.87. The van der Waals surface area contributed by atoms with Gasteiger partial charge in [0.05, 0.1) is 16.7 Å². The van der Waals surface area contributed by atoms with Gasteiger partial charge in [0.15, 0.2) is 0 Å². The number of imidazole rings is 1. The lowest BCUT2D eigenvalue weighted by Gasteiger charge is -2.06. The van der Waals surface area contributed by atoms with Crippen LogP contribution in [0, 0.1) is 0 Å². The van der Waals surface area contributed by atoms with Crippen molar-refractivity contribution in [3.8, 4) is 0 Å². The number of pyridine rings is 1. The number of aromatic nitrogens is 2. The van der Waals surface area contributed by atoms with E-state index in [1.165, 1.54) is 0 Å². The molecular formula is C17H15BrClN3O. The average molecular weight is 393 g/mol. The van der Waals surface area contributed by atoms with Crippen molar-refractivity contribution >= 4 is 39.0 Å². The zero-order valence-corrected chi connectivity index (χ0v) is 14.6. The summed E-state index contributed by atoms with van der Waals surface area (Å²) >= 11 is 9.25. The van der Waals surface area contributed by atoms with Gasteiger partial charge < -0.3 is 9.72 Å². The molecule has 2 aromatic heterocycles. The van der Waals surface area contributed by atoms with Crippen molar-refractivity contribution in [1.82, 2.24) is 14.7 Å². The number of amides is 1. The molecule has 23 heavy (non-hydrogen) atoms. The Morgan fingerprint density at radius 1 is 1.30 bits per heavy atom. The highest BCUT2D eigenvalue weighted by Crippen LogP contribution is 2.23. The number of benzene rings is 1. The van der Waals surface area contributed by atoms with E-state index in [2.05, 4.69) is 30.6 Å². The lowest BCUT2D eigenvalue weighted by atomic mass is 10.2. The molecular weight excluding hydrogens is 378 g/mol. The molecule has 0 atom stereocenters. The van der Waals surface area contributed by atoms with Crippen LogP contribution in [0.1, 0.15) is 22.6 Å². The molecule has 118 valence electrons. The Labute approximate surface area is 147 Å². The second-order valence-electron chi connectivity index (χ2n) is 5.16. The third-order valence-corrected chi connectivity index (χ3v) is 4.77. The van der Waals surface area contributed by atoms with Crippen molar-refractivity contribution in [2.24, 2.45) is 0 Å². The van der Waals surface area contributed by atoms with Crippen molar-refractivity contribution in [3.63, 3.8) is 0 Å². The van der Waals surface area contributed by atoms with Crippen molar-refractivity contribution in [3.05, 3.63) is 69.7 Å². The molecule has 1 aromatic carbocycles. The number of nitrogens with zero attached hydrogens (tertiary/aromatic N) is 2. The highest BCUT2D eigenvalue weighted by atomic mass is 79.9. The van der Waals surface area contributed by atoms with Crippen molar-refractivity contribution in [1.29, 1.82) is 0 Å². The van der Waals surface area contributed by atoms with Crippen LogP contribution in [-0.2, 0) is 6.42 Å². The minimum Gasteiger partial charge on any atom is -0.352 e. The normalized spacial score (nSPS) is 10.9. The first kappa shape index (κ1) is 16.0. The van der Waals surface area contributed by atoms with E-state index in [0.717, 1.165) is 28.7 Å². The Bertz CT molecular complexity index is 847. The smallest absolute Gasteiger partial charge is 0.251 e. The molecule has 1 amide bonds. The van der Waals surface area contributed by atoms with E-state index >= 15 is 0 Å². The van der Waals surface area contributed by atoms with Crippen molar-refractivity contribution in [2.45, 2.75) is 12.8 Å². The average Bonchev–Trinajstić information content (AvgIpc) is 2.97. The van der Waals surface area contributed by atoms with E-state index in [4.69, 9.17) is 11.6 Å². The topological polar surface area (TPSA) is 46.4 Å². The quantitative estimate of drug-likeness (QED) is 0.664. The lowest BCUT2D eigenvalue weighted by molar-refractivity contribution is 0.0953. The Morgan fingerprint density at radius 2 is 2.17 bits per heavy atom. The first-order valence-corrected chi connectivity index (χ1v) is 8.46. The Balaban J connectivity index is 1.53. The molecule has 0 aliphatic carbocycles. The maximum absolute atomic E-state index is 12.1. The molecule has 0 fully saturated rings. The number of nitrogens with one attached hydrogen (secondary N) is 1. The maximum atomic E-state index is 12.1. The molecule has 0 saturated carbocycles. The largest absolute Gasteiger partial charge is 0.352 e. The van der Waals surface area contributed by atoms with Gasteiger partial charge in [0.1, 0.15) is 5.82 Å². The van der Waals surface area contributed by atoms with Crippen molar-refractivity contribution < 1.29 is 4.79 Å². The Hall–Kier alpha value is -1.85. The summed E-state index contributed by atoms with van der Waals surface area (Å²) in [5.41, 5.74) is 1.67. The van der Waals surface area contributed by atoms with Crippen LogP contribution in [0.25, 0.3) is 5.52 Å². The van der Waals surface area contributed by atoms with Gasteiger partial charge in [-0.1, -0.05) is 17.7 Å². The number of halogens is 2. The lowest BCUT2D eigenvalue weighted by Crippen LogP contribution is -2.24. The van der Waals surface area contributed by atoms with Gasteiger partial charge in [-0.05, 0) is 52.7 Å². The van der Waals surface area contributed by atoms with Gasteiger partial charge in [0.25, 0.3) is 5.91 Å². The molecule has 2 heterocycles. The molecule has 0 saturated heterocycles. The first-order valence-electron chi connectivity index (χ1n) is 7.29. The highest BCUT2D eigenvalue weighted by molar-refractivity contribution is 9.10. The SMILES string of the molecule is O=C(NCCCc1ncc2ccccn12)c1ccc(Cl)c(Br)c1. The third kappa shape index (κ3) is 3.74. The van der Waals surface area contributed by atoms with Gasteiger partial charge >= 0.3 is 0 Å². The molecule has 0 radical (unpaired) electrons. The number of rotatable bonds is 5. The molecule has 4 nitrogen and oxygen atoms in total. The van der Waals surface area contributed by atoms with Crippen molar-refractivity contribution in [2.75, 3.05) is 6.54 Å². The van der Waals surface area contributed by atoms with Gasteiger partial charge in [0, 0.05) is 29.2 Å². The molecule has 0 aliphatic rings. The first-order chi connectivity index (χ1) is 11.1. The number of hydrogen-bond donors (Lipinski definition) is 1. The van der Waals surface area contributed by atoms with E-state index in [1.54, 1.807) is 18.2 Å². The third-order valence-electron chi connectivity index (χ3n) is 3.56. The van der Waals surface area contributed by atoms with Crippen LogP contribution >= 0.6 is 27.5 Å². The number of aryl methyl sites for hydroxylation is 1. The molecule has 1 N–H and O–H groups in total. The van der Waals surface area contributed by atoms with Crippen LogP contribution < -0.4 is 5.32 Å². The molecule has 0 aliphatic heterocycles.